The van der Waals surface area contributed by atoms with Gasteiger partial charge in [0.1, 0.15) is 11.6 Å². The van der Waals surface area contributed by atoms with Crippen LogP contribution in [0.5, 0.6) is 5.75 Å². The van der Waals surface area contributed by atoms with Gasteiger partial charge < -0.3 is 19.1 Å². The normalized spacial score (nSPS) is 17.8. The van der Waals surface area contributed by atoms with Gasteiger partial charge in [-0.1, -0.05) is 61.5 Å². The van der Waals surface area contributed by atoms with Crippen LogP contribution >= 0.6 is 7.60 Å². The molecule has 0 aliphatic carbocycles. The Morgan fingerprint density at radius 3 is 2.15 bits per heavy atom. The third kappa shape index (κ3) is 5.71. The first-order chi connectivity index (χ1) is 19.8. The van der Waals surface area contributed by atoms with Crippen LogP contribution in [0.3, 0.4) is 0 Å². The summed E-state index contributed by atoms with van der Waals surface area (Å²) < 4.78 is 36.2. The Hall–Kier alpha value is -3.77. The zero-order valence-corrected chi connectivity index (χ0v) is 24.1. The van der Waals surface area contributed by atoms with Crippen molar-refractivity contribution >= 4 is 24.5 Å². The number of anilines is 1. The predicted molar refractivity (Wildman–Crippen MR) is 159 cm³/mol. The minimum atomic E-state index is -3.36. The average Bonchev–Trinajstić information content (AvgIpc) is 3.00. The highest BCUT2D eigenvalue weighted by molar-refractivity contribution is 7.62. The van der Waals surface area contributed by atoms with E-state index in [0.717, 1.165) is 28.8 Å². The van der Waals surface area contributed by atoms with Gasteiger partial charge >= 0.3 is 7.60 Å². The van der Waals surface area contributed by atoms with Gasteiger partial charge in [0.05, 0.1) is 17.3 Å². The number of amides is 1. The van der Waals surface area contributed by atoms with Crippen LogP contribution < -0.4 is 10.2 Å². The SMILES string of the molecule is COP(=O)(OC)c1ccc(-c2ccc([C@@H]3[C@@H](CC[C@H](C)c4ccc(F)cc4)C(=O)N3c3ccccc3)c(O)c2)cc1. The highest BCUT2D eigenvalue weighted by Gasteiger charge is 2.49. The maximum Gasteiger partial charge on any atom is 0.360 e. The van der Waals surface area contributed by atoms with Gasteiger partial charge in [-0.2, -0.15) is 0 Å². The summed E-state index contributed by atoms with van der Waals surface area (Å²) in [4.78, 5) is 15.2. The van der Waals surface area contributed by atoms with Crippen LogP contribution in [0.25, 0.3) is 11.1 Å². The molecule has 0 radical (unpaired) electrons. The molecular weight excluding hydrogens is 540 g/mol. The molecule has 0 spiro atoms. The topological polar surface area (TPSA) is 76.1 Å². The number of carbonyl (C=O) groups is 1. The van der Waals surface area contributed by atoms with Gasteiger partial charge in [0.25, 0.3) is 0 Å². The first kappa shape index (κ1) is 28.7. The van der Waals surface area contributed by atoms with Crippen LogP contribution in [0.1, 0.15) is 42.9 Å². The number of nitrogens with zero attached hydrogens (tertiary/aromatic N) is 1. The monoisotopic (exact) mass is 573 g/mol. The van der Waals surface area contributed by atoms with E-state index in [1.807, 2.05) is 42.5 Å². The molecular formula is C33H33FNO5P. The Bertz CT molecular complexity index is 1550. The fourth-order valence-corrected chi connectivity index (χ4v) is 6.63. The molecule has 0 aromatic heterocycles. The molecule has 5 rings (SSSR count). The lowest BCUT2D eigenvalue weighted by molar-refractivity contribution is -0.130. The molecule has 1 fully saturated rings. The van der Waals surface area contributed by atoms with Crippen molar-refractivity contribution in [2.45, 2.75) is 31.7 Å². The molecule has 4 aromatic rings. The van der Waals surface area contributed by atoms with Crippen molar-refractivity contribution in [3.63, 3.8) is 0 Å². The quantitative estimate of drug-likeness (QED) is 0.156. The first-order valence-corrected chi connectivity index (χ1v) is 15.1. The molecule has 1 saturated heterocycles. The summed E-state index contributed by atoms with van der Waals surface area (Å²) in [7, 11) is -0.675. The van der Waals surface area contributed by atoms with Crippen LogP contribution in [0.4, 0.5) is 10.1 Å². The summed E-state index contributed by atoms with van der Waals surface area (Å²) in [6, 6.07) is 28.1. The zero-order valence-electron chi connectivity index (χ0n) is 23.2. The van der Waals surface area contributed by atoms with Crippen LogP contribution in [0, 0.1) is 11.7 Å². The molecule has 1 heterocycles. The van der Waals surface area contributed by atoms with Crippen LogP contribution in [0.2, 0.25) is 0 Å². The molecule has 0 saturated carbocycles. The summed E-state index contributed by atoms with van der Waals surface area (Å²) in [5.41, 5.74) is 4.09. The lowest BCUT2D eigenvalue weighted by Crippen LogP contribution is -2.55. The van der Waals surface area contributed by atoms with Crippen molar-refractivity contribution in [1.29, 1.82) is 0 Å². The summed E-state index contributed by atoms with van der Waals surface area (Å²) in [5, 5.41) is 11.7. The number of aromatic hydroxyl groups is 1. The van der Waals surface area contributed by atoms with E-state index in [9.17, 15) is 18.9 Å². The largest absolute Gasteiger partial charge is 0.508 e. The average molecular weight is 574 g/mol. The number of rotatable bonds is 10. The van der Waals surface area contributed by atoms with Crippen molar-refractivity contribution in [3.05, 3.63) is 114 Å². The second-order valence-electron chi connectivity index (χ2n) is 10.3. The summed E-state index contributed by atoms with van der Waals surface area (Å²) in [6.07, 6.45) is 1.38. The Kier molecular flexibility index (Phi) is 8.41. The number of phenolic OH excluding ortho intramolecular Hbond substituents is 1. The number of halogens is 1. The van der Waals surface area contributed by atoms with E-state index >= 15 is 0 Å². The molecule has 4 aromatic carbocycles. The Labute approximate surface area is 239 Å². The Balaban J connectivity index is 1.41. The van der Waals surface area contributed by atoms with Gasteiger partial charge in [-0.3, -0.25) is 9.36 Å². The van der Waals surface area contributed by atoms with E-state index < -0.39 is 7.60 Å². The maximum absolute atomic E-state index is 13.5. The Morgan fingerprint density at radius 2 is 1.54 bits per heavy atom. The Morgan fingerprint density at radius 1 is 0.902 bits per heavy atom. The molecule has 1 N–H and O–H groups in total. The van der Waals surface area contributed by atoms with Gasteiger partial charge in [-0.15, -0.1) is 0 Å². The minimum Gasteiger partial charge on any atom is -0.508 e. The second-order valence-corrected chi connectivity index (χ2v) is 12.5. The molecule has 1 amide bonds. The van der Waals surface area contributed by atoms with E-state index in [2.05, 4.69) is 6.92 Å². The van der Waals surface area contributed by atoms with Crippen LogP contribution in [0.15, 0.2) is 97.1 Å². The highest BCUT2D eigenvalue weighted by atomic mass is 31.2. The number of β-lactam (4-membered cyclic amide) rings is 1. The van der Waals surface area contributed by atoms with E-state index in [1.165, 1.54) is 26.4 Å². The van der Waals surface area contributed by atoms with E-state index in [-0.39, 0.29) is 35.4 Å². The van der Waals surface area contributed by atoms with Gasteiger partial charge in [-0.05, 0) is 77.9 Å². The number of benzene rings is 4. The summed E-state index contributed by atoms with van der Waals surface area (Å²) in [6.45, 7) is 2.08. The van der Waals surface area contributed by atoms with E-state index in [1.54, 1.807) is 47.4 Å². The highest BCUT2D eigenvalue weighted by Crippen LogP contribution is 2.49. The molecule has 6 nitrogen and oxygen atoms in total. The number of carbonyl (C=O) groups excluding carboxylic acids is 1. The molecule has 212 valence electrons. The van der Waals surface area contributed by atoms with Crippen molar-refractivity contribution in [3.8, 4) is 16.9 Å². The van der Waals surface area contributed by atoms with Gasteiger partial charge in [0.2, 0.25) is 5.91 Å². The third-order valence-corrected chi connectivity index (χ3v) is 9.84. The smallest absolute Gasteiger partial charge is 0.360 e. The van der Waals surface area contributed by atoms with Gasteiger partial charge in [0.15, 0.2) is 0 Å². The molecule has 1 aliphatic rings. The molecule has 0 bridgehead atoms. The van der Waals surface area contributed by atoms with Gasteiger partial charge in [-0.25, -0.2) is 4.39 Å². The van der Waals surface area contributed by atoms with Crippen LogP contribution in [-0.2, 0) is 18.4 Å². The summed E-state index contributed by atoms with van der Waals surface area (Å²) >= 11 is 0. The standard InChI is InChI=1S/C33H33FNO5P/c1-22(23-10-15-26(34)16-11-23)9-19-30-32(35(33(30)37)27-7-5-4-6-8-27)29-20-14-25(21-31(29)36)24-12-17-28(18-13-24)41(38,39-2)40-3/h4-8,10-18,20-22,30,32,36H,9,19H2,1-3H3/t22-,30+,32+/m0/s1. The number of hydrogen-bond acceptors (Lipinski definition) is 5. The molecule has 0 unspecified atom stereocenters. The van der Waals surface area contributed by atoms with Crippen LogP contribution in [-0.4, -0.2) is 25.2 Å². The molecule has 41 heavy (non-hydrogen) atoms. The second kappa shape index (κ2) is 12.0. The zero-order chi connectivity index (χ0) is 29.1. The third-order valence-electron chi connectivity index (χ3n) is 7.94. The fraction of sp³-hybridized carbons (Fsp3) is 0.242. The lowest BCUT2D eigenvalue weighted by atomic mass is 9.76. The van der Waals surface area contributed by atoms with E-state index in [0.29, 0.717) is 17.3 Å². The predicted octanol–water partition coefficient (Wildman–Crippen LogP) is 7.60. The van der Waals surface area contributed by atoms with Crippen molar-refractivity contribution in [2.24, 2.45) is 5.92 Å². The molecule has 8 heteroatoms. The molecule has 1 aliphatic heterocycles. The molecule has 3 atom stereocenters. The number of para-hydroxylation sites is 1. The van der Waals surface area contributed by atoms with E-state index in [4.69, 9.17) is 9.05 Å². The summed E-state index contributed by atoms with van der Waals surface area (Å²) in [5.74, 6) is -0.298. The minimum absolute atomic E-state index is 0.0206. The maximum atomic E-state index is 13.5. The van der Waals surface area contributed by atoms with Crippen molar-refractivity contribution in [2.75, 3.05) is 19.1 Å². The van der Waals surface area contributed by atoms with Gasteiger partial charge in [0, 0.05) is 25.5 Å². The lowest BCUT2D eigenvalue weighted by Gasteiger charge is -2.48. The number of hydrogen-bond donors (Lipinski definition) is 1. The van der Waals surface area contributed by atoms with Crippen molar-refractivity contribution in [1.82, 2.24) is 0 Å². The number of phenols is 1. The van der Waals surface area contributed by atoms with Crippen molar-refractivity contribution < 1.29 is 27.9 Å². The first-order valence-electron chi connectivity index (χ1n) is 13.5. The fourth-order valence-electron chi connectivity index (χ4n) is 5.54.